The van der Waals surface area contributed by atoms with Crippen LogP contribution in [0.15, 0.2) is 48.5 Å². The van der Waals surface area contributed by atoms with Crippen molar-refractivity contribution in [2.24, 2.45) is 0 Å². The SMILES string of the molecule is O[C@]1(c2ccc(Cl)cc2)CCc2ccccc21. The summed E-state index contributed by atoms with van der Waals surface area (Å²) in [6.45, 7) is 0. The minimum atomic E-state index is -0.846. The van der Waals surface area contributed by atoms with Gasteiger partial charge in [0.1, 0.15) is 5.60 Å². The number of hydrogen-bond acceptors (Lipinski definition) is 1. The van der Waals surface area contributed by atoms with Crippen LogP contribution in [-0.2, 0) is 12.0 Å². The fourth-order valence-corrected chi connectivity index (χ4v) is 2.74. The molecule has 0 unspecified atom stereocenters. The monoisotopic (exact) mass is 244 g/mol. The molecule has 2 aromatic carbocycles. The first kappa shape index (κ1) is 10.8. The summed E-state index contributed by atoms with van der Waals surface area (Å²) in [5.41, 5.74) is 2.35. The smallest absolute Gasteiger partial charge is 0.115 e. The van der Waals surface area contributed by atoms with E-state index in [2.05, 4.69) is 6.07 Å². The lowest BCUT2D eigenvalue weighted by Gasteiger charge is -2.24. The molecule has 0 bridgehead atoms. The highest BCUT2D eigenvalue weighted by Gasteiger charge is 2.37. The van der Waals surface area contributed by atoms with Crippen molar-refractivity contribution in [3.63, 3.8) is 0 Å². The van der Waals surface area contributed by atoms with E-state index in [-0.39, 0.29) is 0 Å². The van der Waals surface area contributed by atoms with Gasteiger partial charge in [-0.05, 0) is 41.7 Å². The van der Waals surface area contributed by atoms with Gasteiger partial charge in [0, 0.05) is 5.02 Å². The second kappa shape index (κ2) is 3.86. The van der Waals surface area contributed by atoms with Gasteiger partial charge in [0.2, 0.25) is 0 Å². The van der Waals surface area contributed by atoms with Crippen LogP contribution in [0, 0.1) is 0 Å². The minimum absolute atomic E-state index is 0.698. The summed E-state index contributed by atoms with van der Waals surface area (Å²) in [7, 11) is 0. The molecule has 2 aromatic rings. The van der Waals surface area contributed by atoms with E-state index < -0.39 is 5.60 Å². The zero-order valence-corrected chi connectivity index (χ0v) is 10.1. The van der Waals surface area contributed by atoms with Crippen molar-refractivity contribution >= 4 is 11.6 Å². The van der Waals surface area contributed by atoms with Gasteiger partial charge in [-0.15, -0.1) is 0 Å². The lowest BCUT2D eigenvalue weighted by molar-refractivity contribution is 0.0829. The molecule has 0 fully saturated rings. The summed E-state index contributed by atoms with van der Waals surface area (Å²) in [6.07, 6.45) is 1.67. The molecule has 0 heterocycles. The fraction of sp³-hybridized carbons (Fsp3) is 0.200. The van der Waals surface area contributed by atoms with Crippen molar-refractivity contribution in [3.05, 3.63) is 70.2 Å². The number of aryl methyl sites for hydroxylation is 1. The highest BCUT2D eigenvalue weighted by Crippen LogP contribution is 2.41. The molecule has 2 heteroatoms. The first-order chi connectivity index (χ1) is 8.20. The Balaban J connectivity index is 2.12. The van der Waals surface area contributed by atoms with Crippen molar-refractivity contribution in [1.29, 1.82) is 0 Å². The molecule has 0 spiro atoms. The van der Waals surface area contributed by atoms with Gasteiger partial charge in [0.25, 0.3) is 0 Å². The second-order valence-electron chi connectivity index (χ2n) is 4.52. The molecule has 1 nitrogen and oxygen atoms in total. The number of fused-ring (bicyclic) bond motifs is 1. The van der Waals surface area contributed by atoms with Gasteiger partial charge in [0.15, 0.2) is 0 Å². The van der Waals surface area contributed by atoms with Crippen LogP contribution in [-0.4, -0.2) is 5.11 Å². The average molecular weight is 245 g/mol. The Morgan fingerprint density at radius 2 is 1.71 bits per heavy atom. The Labute approximate surface area is 106 Å². The molecule has 17 heavy (non-hydrogen) atoms. The highest BCUT2D eigenvalue weighted by atomic mass is 35.5. The molecule has 3 rings (SSSR count). The van der Waals surface area contributed by atoms with E-state index in [1.165, 1.54) is 5.56 Å². The Morgan fingerprint density at radius 3 is 2.47 bits per heavy atom. The Kier molecular flexibility index (Phi) is 2.46. The van der Waals surface area contributed by atoms with Gasteiger partial charge in [-0.1, -0.05) is 48.0 Å². The van der Waals surface area contributed by atoms with E-state index in [4.69, 9.17) is 11.6 Å². The van der Waals surface area contributed by atoms with Crippen LogP contribution >= 0.6 is 11.6 Å². The standard InChI is InChI=1S/C15H13ClO/c16-13-7-5-12(6-8-13)15(17)10-9-11-3-1-2-4-14(11)15/h1-8,17H,9-10H2/t15-/m0/s1. The molecule has 0 aliphatic heterocycles. The Hall–Kier alpha value is -1.31. The third kappa shape index (κ3) is 1.67. The summed E-state index contributed by atoms with van der Waals surface area (Å²) in [5, 5.41) is 11.6. The van der Waals surface area contributed by atoms with Gasteiger partial charge in [-0.2, -0.15) is 0 Å². The maximum Gasteiger partial charge on any atom is 0.115 e. The van der Waals surface area contributed by atoms with Crippen LogP contribution in [0.2, 0.25) is 5.02 Å². The summed E-state index contributed by atoms with van der Waals surface area (Å²) in [6, 6.07) is 15.6. The molecule has 1 aliphatic rings. The lowest BCUT2D eigenvalue weighted by Crippen LogP contribution is -2.23. The summed E-state index contributed by atoms with van der Waals surface area (Å²) in [4.78, 5) is 0. The molecule has 1 aliphatic carbocycles. The zero-order valence-electron chi connectivity index (χ0n) is 9.36. The Bertz CT molecular complexity index is 547. The van der Waals surface area contributed by atoms with Crippen LogP contribution in [0.1, 0.15) is 23.1 Å². The molecule has 86 valence electrons. The molecule has 0 saturated heterocycles. The van der Waals surface area contributed by atoms with Crippen LogP contribution in [0.5, 0.6) is 0 Å². The number of halogens is 1. The van der Waals surface area contributed by atoms with E-state index in [1.54, 1.807) is 0 Å². The number of benzene rings is 2. The maximum atomic E-state index is 10.9. The third-order valence-electron chi connectivity index (χ3n) is 3.54. The van der Waals surface area contributed by atoms with Crippen LogP contribution < -0.4 is 0 Å². The summed E-state index contributed by atoms with van der Waals surface area (Å²) in [5.74, 6) is 0. The molecule has 1 atom stereocenters. The third-order valence-corrected chi connectivity index (χ3v) is 3.79. The first-order valence-corrected chi connectivity index (χ1v) is 6.15. The van der Waals surface area contributed by atoms with Crippen LogP contribution in [0.4, 0.5) is 0 Å². The molecule has 1 N–H and O–H groups in total. The highest BCUT2D eigenvalue weighted by molar-refractivity contribution is 6.30. The van der Waals surface area contributed by atoms with Crippen molar-refractivity contribution in [2.45, 2.75) is 18.4 Å². The van der Waals surface area contributed by atoms with Crippen molar-refractivity contribution < 1.29 is 5.11 Å². The normalized spacial score (nSPS) is 22.5. The van der Waals surface area contributed by atoms with E-state index in [0.29, 0.717) is 5.02 Å². The minimum Gasteiger partial charge on any atom is -0.380 e. The van der Waals surface area contributed by atoms with Crippen LogP contribution in [0.3, 0.4) is 0 Å². The molecule has 0 amide bonds. The van der Waals surface area contributed by atoms with E-state index in [0.717, 1.165) is 24.0 Å². The first-order valence-electron chi connectivity index (χ1n) is 5.77. The van der Waals surface area contributed by atoms with E-state index >= 15 is 0 Å². The molecular formula is C15H13ClO. The Morgan fingerprint density at radius 1 is 1.00 bits per heavy atom. The van der Waals surface area contributed by atoms with E-state index in [1.807, 2.05) is 42.5 Å². The predicted molar refractivity (Wildman–Crippen MR) is 69.2 cm³/mol. The molecule has 0 aromatic heterocycles. The van der Waals surface area contributed by atoms with Gasteiger partial charge < -0.3 is 5.11 Å². The maximum absolute atomic E-state index is 10.9. The summed E-state index contributed by atoms with van der Waals surface area (Å²) < 4.78 is 0. The van der Waals surface area contributed by atoms with Gasteiger partial charge in [0.05, 0.1) is 0 Å². The number of rotatable bonds is 1. The number of aliphatic hydroxyl groups is 1. The largest absolute Gasteiger partial charge is 0.380 e. The number of hydrogen-bond donors (Lipinski definition) is 1. The van der Waals surface area contributed by atoms with Gasteiger partial charge in [-0.3, -0.25) is 0 Å². The second-order valence-corrected chi connectivity index (χ2v) is 4.96. The molecule has 0 radical (unpaired) electrons. The topological polar surface area (TPSA) is 20.2 Å². The van der Waals surface area contributed by atoms with Crippen molar-refractivity contribution in [2.75, 3.05) is 0 Å². The molecule has 0 saturated carbocycles. The fourth-order valence-electron chi connectivity index (χ4n) is 2.62. The zero-order chi connectivity index (χ0) is 11.9. The average Bonchev–Trinajstić information content (AvgIpc) is 2.70. The predicted octanol–water partition coefficient (Wildman–Crippen LogP) is 3.52. The summed E-state index contributed by atoms with van der Waals surface area (Å²) >= 11 is 5.88. The van der Waals surface area contributed by atoms with Crippen molar-refractivity contribution in [3.8, 4) is 0 Å². The van der Waals surface area contributed by atoms with Gasteiger partial charge >= 0.3 is 0 Å². The molecular weight excluding hydrogens is 232 g/mol. The lowest BCUT2D eigenvalue weighted by atomic mass is 9.88. The van der Waals surface area contributed by atoms with E-state index in [9.17, 15) is 5.11 Å². The van der Waals surface area contributed by atoms with Crippen molar-refractivity contribution in [1.82, 2.24) is 0 Å². The van der Waals surface area contributed by atoms with Crippen LogP contribution in [0.25, 0.3) is 0 Å². The quantitative estimate of drug-likeness (QED) is 0.814. The van der Waals surface area contributed by atoms with Gasteiger partial charge in [-0.25, -0.2) is 0 Å².